The topological polar surface area (TPSA) is 69.6 Å². The molecular formula is C11H24N2O3S. The van der Waals surface area contributed by atoms with Gasteiger partial charge in [0, 0.05) is 25.7 Å². The Hall–Kier alpha value is -0.170. The molecule has 1 aliphatic carbocycles. The normalized spacial score (nSPS) is 17.4. The van der Waals surface area contributed by atoms with Crippen LogP contribution in [0.5, 0.6) is 0 Å². The molecule has 17 heavy (non-hydrogen) atoms. The first-order valence-electron chi connectivity index (χ1n) is 6.43. The van der Waals surface area contributed by atoms with Crippen LogP contribution < -0.4 is 5.32 Å². The molecule has 1 fully saturated rings. The molecule has 5 nitrogen and oxygen atoms in total. The summed E-state index contributed by atoms with van der Waals surface area (Å²) in [5.74, 6) is 0.156. The Balaban J connectivity index is 2.53. The number of rotatable bonds is 9. The number of aliphatic hydroxyl groups excluding tert-OH is 1. The van der Waals surface area contributed by atoms with E-state index in [1.807, 2.05) is 6.92 Å². The third kappa shape index (κ3) is 4.54. The Bertz CT molecular complexity index is 302. The molecule has 2 N–H and O–H groups in total. The Morgan fingerprint density at radius 1 is 1.41 bits per heavy atom. The molecule has 6 heteroatoms. The van der Waals surface area contributed by atoms with Crippen LogP contribution in [0.2, 0.25) is 0 Å². The van der Waals surface area contributed by atoms with Gasteiger partial charge in [-0.05, 0) is 25.8 Å². The van der Waals surface area contributed by atoms with Crippen LogP contribution in [0.1, 0.15) is 32.6 Å². The second-order valence-electron chi connectivity index (χ2n) is 4.44. The van der Waals surface area contributed by atoms with Gasteiger partial charge in [0.1, 0.15) is 0 Å². The van der Waals surface area contributed by atoms with E-state index in [4.69, 9.17) is 5.11 Å². The van der Waals surface area contributed by atoms with E-state index in [2.05, 4.69) is 5.32 Å². The lowest BCUT2D eigenvalue weighted by molar-refractivity contribution is 0.198. The van der Waals surface area contributed by atoms with Crippen LogP contribution in [-0.2, 0) is 10.0 Å². The predicted molar refractivity (Wildman–Crippen MR) is 68.4 cm³/mol. The molecule has 0 aromatic rings. The number of hydrogen-bond donors (Lipinski definition) is 2. The van der Waals surface area contributed by atoms with Crippen molar-refractivity contribution in [2.45, 2.75) is 38.6 Å². The van der Waals surface area contributed by atoms with Gasteiger partial charge in [-0.1, -0.05) is 13.3 Å². The van der Waals surface area contributed by atoms with Crippen LogP contribution in [0.4, 0.5) is 0 Å². The molecule has 0 saturated heterocycles. The van der Waals surface area contributed by atoms with Gasteiger partial charge in [-0.2, -0.15) is 4.31 Å². The average Bonchev–Trinajstić information content (AvgIpc) is 2.21. The highest BCUT2D eigenvalue weighted by atomic mass is 32.2. The maximum absolute atomic E-state index is 12.1. The lowest BCUT2D eigenvalue weighted by Gasteiger charge is -2.36. The van der Waals surface area contributed by atoms with Gasteiger partial charge in [-0.15, -0.1) is 0 Å². The lowest BCUT2D eigenvalue weighted by atomic mass is 9.93. The Labute approximate surface area is 104 Å². The van der Waals surface area contributed by atoms with Crippen LogP contribution in [0.3, 0.4) is 0 Å². The zero-order valence-electron chi connectivity index (χ0n) is 10.6. The van der Waals surface area contributed by atoms with Crippen molar-refractivity contribution in [2.75, 3.05) is 32.0 Å². The van der Waals surface area contributed by atoms with Gasteiger partial charge in [-0.25, -0.2) is 8.42 Å². The summed E-state index contributed by atoms with van der Waals surface area (Å²) in [5, 5.41) is 11.9. The van der Waals surface area contributed by atoms with Crippen molar-refractivity contribution in [3.8, 4) is 0 Å². The zero-order chi connectivity index (χ0) is 12.7. The fourth-order valence-corrected chi connectivity index (χ4v) is 3.65. The standard InChI is InChI=1S/C11H24N2O3S/c1-2-12-7-10-17(15,16)13(8-4-9-14)11-5-3-6-11/h11-12,14H,2-10H2,1H3. The first-order chi connectivity index (χ1) is 8.11. The van der Waals surface area contributed by atoms with Gasteiger partial charge in [0.15, 0.2) is 0 Å². The molecule has 0 bridgehead atoms. The highest BCUT2D eigenvalue weighted by Crippen LogP contribution is 2.27. The van der Waals surface area contributed by atoms with Gasteiger partial charge < -0.3 is 10.4 Å². The molecule has 0 radical (unpaired) electrons. The maximum Gasteiger partial charge on any atom is 0.215 e. The Morgan fingerprint density at radius 3 is 2.59 bits per heavy atom. The van der Waals surface area contributed by atoms with E-state index in [-0.39, 0.29) is 18.4 Å². The predicted octanol–water partition coefficient (Wildman–Crippen LogP) is 0.163. The van der Waals surface area contributed by atoms with E-state index in [1.54, 1.807) is 4.31 Å². The third-order valence-corrected chi connectivity index (χ3v) is 5.08. The van der Waals surface area contributed by atoms with E-state index in [0.29, 0.717) is 19.5 Å². The highest BCUT2D eigenvalue weighted by Gasteiger charge is 2.32. The largest absolute Gasteiger partial charge is 0.396 e. The summed E-state index contributed by atoms with van der Waals surface area (Å²) in [4.78, 5) is 0. The molecule has 102 valence electrons. The third-order valence-electron chi connectivity index (χ3n) is 3.16. The first-order valence-corrected chi connectivity index (χ1v) is 8.04. The van der Waals surface area contributed by atoms with E-state index in [9.17, 15) is 8.42 Å². The summed E-state index contributed by atoms with van der Waals surface area (Å²) in [7, 11) is -3.17. The molecule has 0 unspecified atom stereocenters. The monoisotopic (exact) mass is 264 g/mol. The van der Waals surface area contributed by atoms with E-state index in [0.717, 1.165) is 25.8 Å². The fraction of sp³-hybridized carbons (Fsp3) is 1.00. The minimum absolute atomic E-state index is 0.0476. The summed E-state index contributed by atoms with van der Waals surface area (Å²) >= 11 is 0. The maximum atomic E-state index is 12.1. The summed E-state index contributed by atoms with van der Waals surface area (Å²) < 4.78 is 25.9. The van der Waals surface area contributed by atoms with Gasteiger partial charge in [0.2, 0.25) is 10.0 Å². The van der Waals surface area contributed by atoms with Crippen LogP contribution >= 0.6 is 0 Å². The smallest absolute Gasteiger partial charge is 0.215 e. The average molecular weight is 264 g/mol. The number of sulfonamides is 1. The van der Waals surface area contributed by atoms with Crippen molar-refractivity contribution in [2.24, 2.45) is 0 Å². The lowest BCUT2D eigenvalue weighted by Crippen LogP contribution is -2.47. The van der Waals surface area contributed by atoms with Gasteiger partial charge in [-0.3, -0.25) is 0 Å². The second-order valence-corrected chi connectivity index (χ2v) is 6.48. The van der Waals surface area contributed by atoms with Crippen molar-refractivity contribution in [1.82, 2.24) is 9.62 Å². The number of hydrogen-bond acceptors (Lipinski definition) is 4. The number of aliphatic hydroxyl groups is 1. The summed E-state index contributed by atoms with van der Waals surface area (Å²) in [5.41, 5.74) is 0. The van der Waals surface area contributed by atoms with Crippen LogP contribution in [0.25, 0.3) is 0 Å². The van der Waals surface area contributed by atoms with E-state index in [1.165, 1.54) is 0 Å². The number of nitrogens with one attached hydrogen (secondary N) is 1. The van der Waals surface area contributed by atoms with Crippen molar-refractivity contribution in [3.05, 3.63) is 0 Å². The molecule has 1 rings (SSSR count). The SMILES string of the molecule is CCNCCS(=O)(=O)N(CCCO)C1CCC1. The van der Waals surface area contributed by atoms with Crippen molar-refractivity contribution < 1.29 is 13.5 Å². The van der Waals surface area contributed by atoms with Gasteiger partial charge in [0.25, 0.3) is 0 Å². The molecule has 0 aromatic carbocycles. The molecule has 0 amide bonds. The van der Waals surface area contributed by atoms with Crippen molar-refractivity contribution in [1.29, 1.82) is 0 Å². The summed E-state index contributed by atoms with van der Waals surface area (Å²) in [6.07, 6.45) is 3.57. The van der Waals surface area contributed by atoms with Gasteiger partial charge >= 0.3 is 0 Å². The number of nitrogens with zero attached hydrogens (tertiary/aromatic N) is 1. The molecule has 0 aromatic heterocycles. The molecule has 0 atom stereocenters. The fourth-order valence-electron chi connectivity index (χ4n) is 1.95. The van der Waals surface area contributed by atoms with Gasteiger partial charge in [0.05, 0.1) is 5.75 Å². The zero-order valence-corrected chi connectivity index (χ0v) is 11.4. The minimum atomic E-state index is -3.17. The Kier molecular flexibility index (Phi) is 6.40. The first kappa shape index (κ1) is 14.9. The van der Waals surface area contributed by atoms with Crippen LogP contribution in [0, 0.1) is 0 Å². The second kappa shape index (κ2) is 7.31. The molecule has 0 heterocycles. The van der Waals surface area contributed by atoms with E-state index < -0.39 is 10.0 Å². The molecular weight excluding hydrogens is 240 g/mol. The Morgan fingerprint density at radius 2 is 2.12 bits per heavy atom. The van der Waals surface area contributed by atoms with Crippen molar-refractivity contribution >= 4 is 10.0 Å². The molecule has 1 aliphatic rings. The molecule has 0 spiro atoms. The quantitative estimate of drug-likeness (QED) is 0.582. The van der Waals surface area contributed by atoms with Crippen LogP contribution in [-0.4, -0.2) is 55.9 Å². The molecule has 0 aliphatic heterocycles. The summed E-state index contributed by atoms with van der Waals surface area (Å²) in [6.45, 7) is 3.75. The molecule has 1 saturated carbocycles. The van der Waals surface area contributed by atoms with Crippen LogP contribution in [0.15, 0.2) is 0 Å². The highest BCUT2D eigenvalue weighted by molar-refractivity contribution is 7.89. The minimum Gasteiger partial charge on any atom is -0.396 e. The van der Waals surface area contributed by atoms with Crippen molar-refractivity contribution in [3.63, 3.8) is 0 Å². The van der Waals surface area contributed by atoms with E-state index >= 15 is 0 Å². The summed E-state index contributed by atoms with van der Waals surface area (Å²) in [6, 6.07) is 0.174.